The molecule has 0 spiro atoms. The molecular formula is C6H14ClNO. The van der Waals surface area contributed by atoms with Crippen molar-refractivity contribution in [1.82, 2.24) is 0 Å². The summed E-state index contributed by atoms with van der Waals surface area (Å²) in [6.07, 6.45) is 2.40. The molecule has 1 saturated carbocycles. The molecule has 1 rings (SSSR count). The minimum atomic E-state index is 0. The van der Waals surface area contributed by atoms with Gasteiger partial charge >= 0.3 is 0 Å². The number of hydrogen-bond donors (Lipinski definition) is 2. The molecule has 0 aromatic rings. The van der Waals surface area contributed by atoms with Crippen LogP contribution in [0, 0.1) is 11.8 Å². The molecule has 0 unspecified atom stereocenters. The fraction of sp³-hybridized carbons (Fsp3) is 1.00. The van der Waals surface area contributed by atoms with Gasteiger partial charge < -0.3 is 10.8 Å². The van der Waals surface area contributed by atoms with Crippen molar-refractivity contribution in [3.05, 3.63) is 0 Å². The molecule has 0 amide bonds. The molecular weight excluding hydrogens is 138 g/mol. The van der Waals surface area contributed by atoms with Crippen LogP contribution in [0.4, 0.5) is 0 Å². The second kappa shape index (κ2) is 4.09. The lowest BCUT2D eigenvalue weighted by Gasteiger charge is -2.33. The van der Waals surface area contributed by atoms with Gasteiger partial charge in [-0.15, -0.1) is 12.4 Å². The Morgan fingerprint density at radius 2 is 1.89 bits per heavy atom. The zero-order valence-electron chi connectivity index (χ0n) is 5.42. The third-order valence-electron chi connectivity index (χ3n) is 2.11. The molecule has 0 saturated heterocycles. The third kappa shape index (κ3) is 1.81. The summed E-state index contributed by atoms with van der Waals surface area (Å²) in [7, 11) is 0. The minimum Gasteiger partial charge on any atom is -0.396 e. The fourth-order valence-electron chi connectivity index (χ4n) is 1.19. The first-order valence-corrected chi connectivity index (χ1v) is 3.19. The number of aliphatic hydroxyl groups excluding tert-OH is 1. The Morgan fingerprint density at radius 1 is 1.33 bits per heavy atom. The second-order valence-electron chi connectivity index (χ2n) is 2.52. The fourth-order valence-corrected chi connectivity index (χ4v) is 1.19. The Kier molecular flexibility index (Phi) is 4.19. The Balaban J connectivity index is 0.000000640. The van der Waals surface area contributed by atoms with Gasteiger partial charge in [-0.05, 0) is 31.2 Å². The van der Waals surface area contributed by atoms with Gasteiger partial charge in [0.1, 0.15) is 0 Å². The lowest BCUT2D eigenvalue weighted by Crippen LogP contribution is -2.34. The zero-order chi connectivity index (χ0) is 5.98. The summed E-state index contributed by atoms with van der Waals surface area (Å²) >= 11 is 0. The zero-order valence-corrected chi connectivity index (χ0v) is 6.23. The summed E-state index contributed by atoms with van der Waals surface area (Å²) in [5.41, 5.74) is 5.39. The molecule has 0 heterocycles. The van der Waals surface area contributed by atoms with E-state index in [0.717, 1.165) is 6.54 Å². The van der Waals surface area contributed by atoms with Crippen LogP contribution in [0.1, 0.15) is 12.8 Å². The topological polar surface area (TPSA) is 46.2 Å². The van der Waals surface area contributed by atoms with Gasteiger partial charge in [-0.25, -0.2) is 0 Å². The van der Waals surface area contributed by atoms with Gasteiger partial charge in [-0.1, -0.05) is 0 Å². The molecule has 9 heavy (non-hydrogen) atoms. The van der Waals surface area contributed by atoms with Gasteiger partial charge in [0.2, 0.25) is 0 Å². The van der Waals surface area contributed by atoms with E-state index in [9.17, 15) is 0 Å². The maximum atomic E-state index is 8.63. The standard InChI is InChI=1S/C6H13NO.ClH/c7-3-5-1-2-6(5)4-8;/h5-6,8H,1-4,7H2;1H/t5-,6+;/m0./s1. The number of rotatable bonds is 2. The summed E-state index contributed by atoms with van der Waals surface area (Å²) in [6.45, 7) is 1.09. The molecule has 3 heteroatoms. The highest BCUT2D eigenvalue weighted by Crippen LogP contribution is 2.32. The van der Waals surface area contributed by atoms with Crippen LogP contribution in [0.25, 0.3) is 0 Å². The first-order valence-electron chi connectivity index (χ1n) is 3.19. The quantitative estimate of drug-likeness (QED) is 0.600. The van der Waals surface area contributed by atoms with Crippen molar-refractivity contribution in [1.29, 1.82) is 0 Å². The van der Waals surface area contributed by atoms with Crippen molar-refractivity contribution in [3.63, 3.8) is 0 Å². The van der Waals surface area contributed by atoms with Crippen LogP contribution >= 0.6 is 12.4 Å². The molecule has 1 aliphatic carbocycles. The maximum Gasteiger partial charge on any atom is 0.0462 e. The largest absolute Gasteiger partial charge is 0.396 e. The molecule has 1 aliphatic rings. The minimum absolute atomic E-state index is 0. The number of halogens is 1. The second-order valence-corrected chi connectivity index (χ2v) is 2.52. The number of hydrogen-bond acceptors (Lipinski definition) is 2. The molecule has 0 radical (unpaired) electrons. The highest BCUT2D eigenvalue weighted by molar-refractivity contribution is 5.85. The van der Waals surface area contributed by atoms with Crippen molar-refractivity contribution in [2.75, 3.05) is 13.2 Å². The van der Waals surface area contributed by atoms with Gasteiger partial charge in [0, 0.05) is 6.61 Å². The van der Waals surface area contributed by atoms with Crippen LogP contribution in [-0.2, 0) is 0 Å². The van der Waals surface area contributed by atoms with E-state index in [-0.39, 0.29) is 12.4 Å². The predicted molar refractivity (Wildman–Crippen MR) is 39.6 cm³/mol. The van der Waals surface area contributed by atoms with Crippen LogP contribution in [0.5, 0.6) is 0 Å². The highest BCUT2D eigenvalue weighted by Gasteiger charge is 2.28. The first-order chi connectivity index (χ1) is 3.88. The van der Waals surface area contributed by atoms with E-state index in [1.807, 2.05) is 0 Å². The van der Waals surface area contributed by atoms with E-state index in [1.165, 1.54) is 12.8 Å². The van der Waals surface area contributed by atoms with Crippen molar-refractivity contribution >= 4 is 12.4 Å². The van der Waals surface area contributed by atoms with Gasteiger partial charge in [0.15, 0.2) is 0 Å². The van der Waals surface area contributed by atoms with E-state index in [4.69, 9.17) is 10.8 Å². The Bertz CT molecular complexity index is 65.5. The maximum absolute atomic E-state index is 8.63. The normalized spacial score (nSPS) is 32.7. The van der Waals surface area contributed by atoms with Crippen molar-refractivity contribution in [2.24, 2.45) is 17.6 Å². The summed E-state index contributed by atoms with van der Waals surface area (Å²) in [5, 5.41) is 8.63. The van der Waals surface area contributed by atoms with E-state index >= 15 is 0 Å². The average Bonchev–Trinajstić information content (AvgIpc) is 1.66. The Hall–Kier alpha value is 0.210. The van der Waals surface area contributed by atoms with Crippen LogP contribution in [0.3, 0.4) is 0 Å². The van der Waals surface area contributed by atoms with E-state index < -0.39 is 0 Å². The molecule has 0 bridgehead atoms. The molecule has 56 valence electrons. The van der Waals surface area contributed by atoms with Gasteiger partial charge in [-0.3, -0.25) is 0 Å². The van der Waals surface area contributed by atoms with Crippen LogP contribution < -0.4 is 5.73 Å². The van der Waals surface area contributed by atoms with E-state index in [1.54, 1.807) is 0 Å². The summed E-state index contributed by atoms with van der Waals surface area (Å²) < 4.78 is 0. The number of aliphatic hydroxyl groups is 1. The monoisotopic (exact) mass is 151 g/mol. The van der Waals surface area contributed by atoms with Crippen LogP contribution in [0.15, 0.2) is 0 Å². The molecule has 2 nitrogen and oxygen atoms in total. The smallest absolute Gasteiger partial charge is 0.0462 e. The molecule has 0 aromatic carbocycles. The molecule has 2 atom stereocenters. The van der Waals surface area contributed by atoms with Gasteiger partial charge in [-0.2, -0.15) is 0 Å². The molecule has 1 fully saturated rings. The van der Waals surface area contributed by atoms with Crippen molar-refractivity contribution in [2.45, 2.75) is 12.8 Å². The van der Waals surface area contributed by atoms with Gasteiger partial charge in [0.05, 0.1) is 0 Å². The molecule has 0 aliphatic heterocycles. The lowest BCUT2D eigenvalue weighted by molar-refractivity contribution is 0.0963. The summed E-state index contributed by atoms with van der Waals surface area (Å²) in [4.78, 5) is 0. The SMILES string of the molecule is Cl.NC[C@@H]1CC[C@@H]1CO. The Morgan fingerprint density at radius 3 is 2.00 bits per heavy atom. The Labute approximate surface area is 61.8 Å². The van der Waals surface area contributed by atoms with Gasteiger partial charge in [0.25, 0.3) is 0 Å². The predicted octanol–water partition coefficient (Wildman–Crippen LogP) is 0.385. The average molecular weight is 152 g/mol. The lowest BCUT2D eigenvalue weighted by atomic mass is 9.74. The first kappa shape index (κ1) is 9.21. The van der Waals surface area contributed by atoms with Crippen molar-refractivity contribution < 1.29 is 5.11 Å². The molecule has 3 N–H and O–H groups in total. The van der Waals surface area contributed by atoms with E-state index in [2.05, 4.69) is 0 Å². The third-order valence-corrected chi connectivity index (χ3v) is 2.11. The summed E-state index contributed by atoms with van der Waals surface area (Å²) in [6, 6.07) is 0. The van der Waals surface area contributed by atoms with Crippen LogP contribution in [-0.4, -0.2) is 18.3 Å². The van der Waals surface area contributed by atoms with Crippen LogP contribution in [0.2, 0.25) is 0 Å². The van der Waals surface area contributed by atoms with Crippen molar-refractivity contribution in [3.8, 4) is 0 Å². The number of nitrogens with two attached hydrogens (primary N) is 1. The highest BCUT2D eigenvalue weighted by atomic mass is 35.5. The molecule has 0 aromatic heterocycles. The summed E-state index contributed by atoms with van der Waals surface area (Å²) in [5.74, 6) is 1.15. The van der Waals surface area contributed by atoms with E-state index in [0.29, 0.717) is 18.4 Å².